The zero-order chi connectivity index (χ0) is 12.5. The first-order valence-corrected chi connectivity index (χ1v) is 5.60. The number of pyridine rings is 1. The Morgan fingerprint density at radius 3 is 3.06 bits per heavy atom. The lowest BCUT2D eigenvalue weighted by Gasteiger charge is -2.06. The van der Waals surface area contributed by atoms with Crippen LogP contribution in [0.1, 0.15) is 6.42 Å². The second kappa shape index (κ2) is 4.19. The lowest BCUT2D eigenvalue weighted by Crippen LogP contribution is -2.21. The quantitative estimate of drug-likeness (QED) is 0.692. The fourth-order valence-electron chi connectivity index (χ4n) is 1.92. The van der Waals surface area contributed by atoms with E-state index in [-0.39, 0.29) is 12.2 Å². The molecule has 0 fully saturated rings. The van der Waals surface area contributed by atoms with E-state index in [0.29, 0.717) is 29.6 Å². The largest absolute Gasteiger partial charge is 0.396 e. The zero-order valence-corrected chi connectivity index (χ0v) is 9.52. The molecule has 0 radical (unpaired) electrons. The Morgan fingerprint density at radius 1 is 1.33 bits per heavy atom. The summed E-state index contributed by atoms with van der Waals surface area (Å²) >= 11 is 0. The highest BCUT2D eigenvalue weighted by atomic mass is 16.3. The highest BCUT2D eigenvalue weighted by molar-refractivity contribution is 5.78. The van der Waals surface area contributed by atoms with Gasteiger partial charge in [-0.1, -0.05) is 0 Å². The van der Waals surface area contributed by atoms with Gasteiger partial charge in [-0.05, 0) is 12.5 Å². The zero-order valence-electron chi connectivity index (χ0n) is 9.52. The van der Waals surface area contributed by atoms with Crippen LogP contribution in [-0.4, -0.2) is 35.9 Å². The first-order chi connectivity index (χ1) is 8.81. The molecule has 3 rings (SSSR count). The van der Waals surface area contributed by atoms with Crippen LogP contribution in [0.2, 0.25) is 0 Å². The van der Waals surface area contributed by atoms with Gasteiger partial charge in [-0.15, -0.1) is 0 Å². The minimum atomic E-state index is -0.133. The summed E-state index contributed by atoms with van der Waals surface area (Å²) in [6.45, 7) is 0.547. The molecule has 0 unspecified atom stereocenters. The normalized spacial score (nSPS) is 11.4. The van der Waals surface area contributed by atoms with E-state index >= 15 is 0 Å². The van der Waals surface area contributed by atoms with Gasteiger partial charge in [0.25, 0.3) is 11.3 Å². The van der Waals surface area contributed by atoms with E-state index in [0.717, 1.165) is 0 Å². The van der Waals surface area contributed by atoms with Gasteiger partial charge in [0.2, 0.25) is 0 Å². The number of rotatable bonds is 3. The van der Waals surface area contributed by atoms with Crippen molar-refractivity contribution in [2.24, 2.45) is 0 Å². The standard InChI is InChI=1S/C11H11N5O2/c17-5-1-3-15-4-2-9-8(10(15)18)6-12-11-13-7-14-16(9)11/h2,4,6-7,17H,1,3,5H2. The summed E-state index contributed by atoms with van der Waals surface area (Å²) in [4.78, 5) is 20.2. The summed E-state index contributed by atoms with van der Waals surface area (Å²) in [5.41, 5.74) is 0.550. The molecule has 7 nitrogen and oxygen atoms in total. The van der Waals surface area contributed by atoms with E-state index in [9.17, 15) is 4.79 Å². The molecule has 0 aliphatic carbocycles. The maximum Gasteiger partial charge on any atom is 0.261 e. The summed E-state index contributed by atoms with van der Waals surface area (Å²) in [7, 11) is 0. The van der Waals surface area contributed by atoms with Crippen molar-refractivity contribution < 1.29 is 5.11 Å². The third kappa shape index (κ3) is 1.56. The Balaban J connectivity index is 2.25. The van der Waals surface area contributed by atoms with Gasteiger partial charge in [-0.25, -0.2) is 4.98 Å². The summed E-state index contributed by atoms with van der Waals surface area (Å²) in [6.07, 6.45) is 5.15. The molecule has 18 heavy (non-hydrogen) atoms. The van der Waals surface area contributed by atoms with E-state index in [1.165, 1.54) is 17.0 Å². The van der Waals surface area contributed by atoms with Crippen molar-refractivity contribution in [3.8, 4) is 0 Å². The first-order valence-electron chi connectivity index (χ1n) is 5.60. The average Bonchev–Trinajstić information content (AvgIpc) is 2.86. The van der Waals surface area contributed by atoms with Crippen molar-refractivity contribution in [2.45, 2.75) is 13.0 Å². The topological polar surface area (TPSA) is 85.3 Å². The lowest BCUT2D eigenvalue weighted by molar-refractivity contribution is 0.279. The molecular formula is C11H11N5O2. The molecule has 0 aliphatic rings. The van der Waals surface area contributed by atoms with Crippen molar-refractivity contribution in [3.05, 3.63) is 35.1 Å². The molecule has 0 saturated heterocycles. The monoisotopic (exact) mass is 245 g/mol. The van der Waals surface area contributed by atoms with Crippen LogP contribution in [0.5, 0.6) is 0 Å². The Morgan fingerprint density at radius 2 is 2.22 bits per heavy atom. The maximum absolute atomic E-state index is 12.2. The molecule has 0 amide bonds. The van der Waals surface area contributed by atoms with Crippen LogP contribution < -0.4 is 5.56 Å². The minimum Gasteiger partial charge on any atom is -0.396 e. The number of hydrogen-bond donors (Lipinski definition) is 1. The van der Waals surface area contributed by atoms with Crippen molar-refractivity contribution in [2.75, 3.05) is 6.61 Å². The molecule has 92 valence electrons. The molecule has 0 aliphatic heterocycles. The molecule has 3 aromatic heterocycles. The van der Waals surface area contributed by atoms with Crippen molar-refractivity contribution in [3.63, 3.8) is 0 Å². The van der Waals surface area contributed by atoms with E-state index in [1.54, 1.807) is 16.8 Å². The minimum absolute atomic E-state index is 0.0604. The highest BCUT2D eigenvalue weighted by Crippen LogP contribution is 2.08. The van der Waals surface area contributed by atoms with Gasteiger partial charge in [0.05, 0.1) is 10.9 Å². The smallest absolute Gasteiger partial charge is 0.261 e. The van der Waals surface area contributed by atoms with Crippen molar-refractivity contribution in [1.29, 1.82) is 0 Å². The van der Waals surface area contributed by atoms with Crippen LogP contribution in [0.15, 0.2) is 29.6 Å². The molecule has 3 heterocycles. The third-order valence-electron chi connectivity index (χ3n) is 2.80. The maximum atomic E-state index is 12.2. The Hall–Kier alpha value is -2.28. The molecule has 0 spiro atoms. The van der Waals surface area contributed by atoms with Crippen LogP contribution in [0.3, 0.4) is 0 Å². The van der Waals surface area contributed by atoms with Crippen molar-refractivity contribution >= 4 is 16.7 Å². The van der Waals surface area contributed by atoms with Gasteiger partial charge in [0.15, 0.2) is 0 Å². The molecule has 0 saturated carbocycles. The Bertz CT molecular complexity index is 761. The first kappa shape index (κ1) is 10.8. The van der Waals surface area contributed by atoms with E-state index < -0.39 is 0 Å². The number of hydrogen-bond acceptors (Lipinski definition) is 5. The van der Waals surface area contributed by atoms with Gasteiger partial charge in [-0.3, -0.25) is 4.79 Å². The van der Waals surface area contributed by atoms with Crippen LogP contribution in [0.25, 0.3) is 16.7 Å². The van der Waals surface area contributed by atoms with Gasteiger partial charge in [0.1, 0.15) is 6.33 Å². The number of aryl methyl sites for hydroxylation is 1. The van der Waals surface area contributed by atoms with Gasteiger partial charge in [0, 0.05) is 25.5 Å². The summed E-state index contributed by atoms with van der Waals surface area (Å²) < 4.78 is 3.09. The molecule has 0 bridgehead atoms. The summed E-state index contributed by atoms with van der Waals surface area (Å²) in [5, 5.41) is 13.3. The second-order valence-corrected chi connectivity index (χ2v) is 3.92. The van der Waals surface area contributed by atoms with Crippen LogP contribution in [-0.2, 0) is 6.54 Å². The number of aromatic nitrogens is 5. The highest BCUT2D eigenvalue weighted by Gasteiger charge is 2.07. The molecular weight excluding hydrogens is 234 g/mol. The summed E-state index contributed by atoms with van der Waals surface area (Å²) in [5.74, 6) is 0.468. The summed E-state index contributed by atoms with van der Waals surface area (Å²) in [6, 6.07) is 1.80. The predicted octanol–water partition coefficient (Wildman–Crippen LogP) is -0.178. The molecule has 1 N–H and O–H groups in total. The second-order valence-electron chi connectivity index (χ2n) is 3.92. The fraction of sp³-hybridized carbons (Fsp3) is 0.273. The van der Waals surface area contributed by atoms with Crippen LogP contribution in [0.4, 0.5) is 0 Å². The SMILES string of the molecule is O=c1c2cnc3ncnn3c2ccn1CCCO. The van der Waals surface area contributed by atoms with Crippen LogP contribution >= 0.6 is 0 Å². The van der Waals surface area contributed by atoms with E-state index in [2.05, 4.69) is 15.1 Å². The Labute approximate surface area is 101 Å². The van der Waals surface area contributed by atoms with Crippen molar-refractivity contribution in [1.82, 2.24) is 24.1 Å². The fourth-order valence-corrected chi connectivity index (χ4v) is 1.92. The van der Waals surface area contributed by atoms with E-state index in [4.69, 9.17) is 5.11 Å². The molecule has 3 aromatic rings. The molecule has 0 aromatic carbocycles. The number of aliphatic hydroxyl groups is 1. The molecule has 0 atom stereocenters. The number of fused-ring (bicyclic) bond motifs is 3. The van der Waals surface area contributed by atoms with Gasteiger partial charge in [-0.2, -0.15) is 14.6 Å². The number of aliphatic hydroxyl groups excluding tert-OH is 1. The predicted molar refractivity (Wildman–Crippen MR) is 64.3 cm³/mol. The van der Waals surface area contributed by atoms with E-state index in [1.807, 2.05) is 0 Å². The van der Waals surface area contributed by atoms with Crippen LogP contribution in [0, 0.1) is 0 Å². The third-order valence-corrected chi connectivity index (χ3v) is 2.80. The Kier molecular flexibility index (Phi) is 2.52. The average molecular weight is 245 g/mol. The molecule has 7 heteroatoms. The number of nitrogens with zero attached hydrogens (tertiary/aromatic N) is 5. The van der Waals surface area contributed by atoms with Gasteiger partial charge >= 0.3 is 0 Å². The van der Waals surface area contributed by atoms with Gasteiger partial charge < -0.3 is 9.67 Å². The lowest BCUT2D eigenvalue weighted by atomic mass is 10.3.